The summed E-state index contributed by atoms with van der Waals surface area (Å²) in [6.07, 6.45) is 5.38. The Labute approximate surface area is 160 Å². The van der Waals surface area contributed by atoms with Gasteiger partial charge in [0.25, 0.3) is 0 Å². The van der Waals surface area contributed by atoms with Crippen molar-refractivity contribution < 1.29 is 14.4 Å². The molecule has 0 bridgehead atoms. The Hall–Kier alpha value is -2.37. The van der Waals surface area contributed by atoms with Crippen LogP contribution in [0.25, 0.3) is 0 Å². The third-order valence-electron chi connectivity index (χ3n) is 5.38. The van der Waals surface area contributed by atoms with Crippen LogP contribution in [0.4, 0.5) is 0 Å². The number of amides is 3. The standard InChI is InChI=1S/C21H29N3O3/c25-19(9-5-13-23-12-4-3-10-20(23)26)22-15-17-7-1-2-8-18(17)16-24-14-6-11-21(24)27/h1-2,7-8H,3-6,9-16H2,(H,22,25). The van der Waals surface area contributed by atoms with Gasteiger partial charge in [-0.15, -0.1) is 0 Å². The van der Waals surface area contributed by atoms with Gasteiger partial charge in [-0.1, -0.05) is 24.3 Å². The zero-order valence-electron chi connectivity index (χ0n) is 15.9. The quantitative estimate of drug-likeness (QED) is 0.762. The topological polar surface area (TPSA) is 69.7 Å². The Balaban J connectivity index is 1.43. The number of hydrogen-bond acceptors (Lipinski definition) is 3. The van der Waals surface area contributed by atoms with E-state index in [2.05, 4.69) is 5.32 Å². The molecule has 3 amide bonds. The lowest BCUT2D eigenvalue weighted by atomic mass is 10.1. The van der Waals surface area contributed by atoms with Crippen molar-refractivity contribution in [2.24, 2.45) is 0 Å². The minimum absolute atomic E-state index is 0.00603. The maximum Gasteiger partial charge on any atom is 0.222 e. The van der Waals surface area contributed by atoms with Gasteiger partial charge in [0.2, 0.25) is 17.7 Å². The number of piperidine rings is 1. The van der Waals surface area contributed by atoms with E-state index in [4.69, 9.17) is 0 Å². The third kappa shape index (κ3) is 5.55. The summed E-state index contributed by atoms with van der Waals surface area (Å²) in [6.45, 7) is 3.39. The van der Waals surface area contributed by atoms with Crippen LogP contribution in [0, 0.1) is 0 Å². The summed E-state index contributed by atoms with van der Waals surface area (Å²) < 4.78 is 0. The van der Waals surface area contributed by atoms with Gasteiger partial charge in [-0.3, -0.25) is 14.4 Å². The highest BCUT2D eigenvalue weighted by molar-refractivity contribution is 5.78. The maximum atomic E-state index is 12.2. The van der Waals surface area contributed by atoms with Gasteiger partial charge in [-0.2, -0.15) is 0 Å². The predicted octanol–water partition coefficient (Wildman–Crippen LogP) is 2.22. The molecule has 146 valence electrons. The molecule has 6 heteroatoms. The zero-order valence-corrected chi connectivity index (χ0v) is 15.9. The Morgan fingerprint density at radius 1 is 0.926 bits per heavy atom. The first-order chi connectivity index (χ1) is 13.1. The first kappa shape index (κ1) is 19.4. The number of likely N-dealkylation sites (tertiary alicyclic amines) is 2. The molecule has 27 heavy (non-hydrogen) atoms. The summed E-state index contributed by atoms with van der Waals surface area (Å²) in [7, 11) is 0. The van der Waals surface area contributed by atoms with E-state index in [9.17, 15) is 14.4 Å². The van der Waals surface area contributed by atoms with Crippen LogP contribution in [0.3, 0.4) is 0 Å². The lowest BCUT2D eigenvalue weighted by Crippen LogP contribution is -2.36. The van der Waals surface area contributed by atoms with E-state index in [1.807, 2.05) is 34.1 Å². The highest BCUT2D eigenvalue weighted by atomic mass is 16.2. The van der Waals surface area contributed by atoms with Gasteiger partial charge in [-0.25, -0.2) is 0 Å². The molecule has 0 spiro atoms. The lowest BCUT2D eigenvalue weighted by Gasteiger charge is -2.26. The van der Waals surface area contributed by atoms with Crippen LogP contribution < -0.4 is 5.32 Å². The van der Waals surface area contributed by atoms with Crippen molar-refractivity contribution in [1.29, 1.82) is 0 Å². The van der Waals surface area contributed by atoms with Crippen molar-refractivity contribution in [3.63, 3.8) is 0 Å². The molecule has 2 saturated heterocycles. The molecule has 2 heterocycles. The number of nitrogens with one attached hydrogen (secondary N) is 1. The van der Waals surface area contributed by atoms with Crippen LogP contribution in [-0.4, -0.2) is 47.2 Å². The number of benzene rings is 1. The summed E-state index contributed by atoms with van der Waals surface area (Å²) in [5, 5.41) is 2.98. The molecule has 2 aliphatic heterocycles. The second kappa shape index (κ2) is 9.53. The molecule has 0 atom stereocenters. The van der Waals surface area contributed by atoms with E-state index in [1.165, 1.54) is 0 Å². The molecule has 2 fully saturated rings. The number of nitrogens with zero attached hydrogens (tertiary/aromatic N) is 2. The Morgan fingerprint density at radius 3 is 2.37 bits per heavy atom. The van der Waals surface area contributed by atoms with E-state index < -0.39 is 0 Å². The molecule has 1 aromatic rings. The lowest BCUT2D eigenvalue weighted by molar-refractivity contribution is -0.133. The van der Waals surface area contributed by atoms with Gasteiger partial charge in [0, 0.05) is 52.0 Å². The second-order valence-corrected chi connectivity index (χ2v) is 7.41. The monoisotopic (exact) mass is 371 g/mol. The van der Waals surface area contributed by atoms with E-state index in [-0.39, 0.29) is 17.7 Å². The maximum absolute atomic E-state index is 12.2. The average Bonchev–Trinajstić information content (AvgIpc) is 3.07. The number of rotatable bonds is 8. The molecule has 0 aromatic heterocycles. The summed E-state index contributed by atoms with van der Waals surface area (Å²) >= 11 is 0. The van der Waals surface area contributed by atoms with Crippen molar-refractivity contribution in [2.45, 2.75) is 58.0 Å². The minimum atomic E-state index is 0.00603. The number of carbonyl (C=O) groups excluding carboxylic acids is 3. The summed E-state index contributed by atoms with van der Waals surface area (Å²) in [4.78, 5) is 39.6. The molecular formula is C21H29N3O3. The van der Waals surface area contributed by atoms with Crippen LogP contribution in [0.2, 0.25) is 0 Å². The third-order valence-corrected chi connectivity index (χ3v) is 5.38. The first-order valence-electron chi connectivity index (χ1n) is 10.0. The fourth-order valence-corrected chi connectivity index (χ4v) is 3.77. The number of carbonyl (C=O) groups is 3. The normalized spacial score (nSPS) is 17.5. The molecule has 3 rings (SSSR count). The molecule has 6 nitrogen and oxygen atoms in total. The van der Waals surface area contributed by atoms with Gasteiger partial charge < -0.3 is 15.1 Å². The summed E-state index contributed by atoms with van der Waals surface area (Å²) in [6, 6.07) is 7.95. The van der Waals surface area contributed by atoms with Crippen molar-refractivity contribution in [3.05, 3.63) is 35.4 Å². The van der Waals surface area contributed by atoms with E-state index in [0.717, 1.165) is 43.5 Å². The highest BCUT2D eigenvalue weighted by Gasteiger charge is 2.21. The van der Waals surface area contributed by atoms with Crippen molar-refractivity contribution in [3.8, 4) is 0 Å². The van der Waals surface area contributed by atoms with Gasteiger partial charge >= 0.3 is 0 Å². The Morgan fingerprint density at radius 2 is 1.63 bits per heavy atom. The van der Waals surface area contributed by atoms with Gasteiger partial charge in [0.1, 0.15) is 0 Å². The van der Waals surface area contributed by atoms with Crippen molar-refractivity contribution >= 4 is 17.7 Å². The molecule has 2 aliphatic rings. The van der Waals surface area contributed by atoms with Gasteiger partial charge in [0.05, 0.1) is 0 Å². The van der Waals surface area contributed by atoms with E-state index in [0.29, 0.717) is 45.3 Å². The molecule has 1 N–H and O–H groups in total. The fraction of sp³-hybridized carbons (Fsp3) is 0.571. The van der Waals surface area contributed by atoms with Crippen LogP contribution in [-0.2, 0) is 27.5 Å². The largest absolute Gasteiger partial charge is 0.352 e. The van der Waals surface area contributed by atoms with Gasteiger partial charge in [-0.05, 0) is 36.8 Å². The van der Waals surface area contributed by atoms with Crippen LogP contribution in [0.5, 0.6) is 0 Å². The SMILES string of the molecule is O=C(CCCN1CCCCC1=O)NCc1ccccc1CN1CCCC1=O. The van der Waals surface area contributed by atoms with Crippen molar-refractivity contribution in [1.82, 2.24) is 15.1 Å². The minimum Gasteiger partial charge on any atom is -0.352 e. The second-order valence-electron chi connectivity index (χ2n) is 7.41. The summed E-state index contributed by atoms with van der Waals surface area (Å²) in [5.41, 5.74) is 2.14. The zero-order chi connectivity index (χ0) is 19.1. The molecule has 0 unspecified atom stereocenters. The Kier molecular flexibility index (Phi) is 6.85. The van der Waals surface area contributed by atoms with Crippen LogP contribution in [0.15, 0.2) is 24.3 Å². The smallest absolute Gasteiger partial charge is 0.222 e. The average molecular weight is 371 g/mol. The highest BCUT2D eigenvalue weighted by Crippen LogP contribution is 2.17. The van der Waals surface area contributed by atoms with Crippen LogP contribution >= 0.6 is 0 Å². The predicted molar refractivity (Wildman–Crippen MR) is 103 cm³/mol. The van der Waals surface area contributed by atoms with Crippen LogP contribution in [0.1, 0.15) is 56.1 Å². The fourth-order valence-electron chi connectivity index (χ4n) is 3.77. The van der Waals surface area contributed by atoms with Gasteiger partial charge in [0.15, 0.2) is 0 Å². The molecule has 0 aliphatic carbocycles. The molecular weight excluding hydrogens is 342 g/mol. The molecule has 0 radical (unpaired) electrons. The molecule has 1 aromatic carbocycles. The molecule has 0 saturated carbocycles. The van der Waals surface area contributed by atoms with E-state index in [1.54, 1.807) is 0 Å². The number of hydrogen-bond donors (Lipinski definition) is 1. The van der Waals surface area contributed by atoms with E-state index >= 15 is 0 Å². The van der Waals surface area contributed by atoms with Crippen molar-refractivity contribution in [2.75, 3.05) is 19.6 Å². The first-order valence-corrected chi connectivity index (χ1v) is 10.0. The Bertz CT molecular complexity index is 689. The summed E-state index contributed by atoms with van der Waals surface area (Å²) in [5.74, 6) is 0.430.